The van der Waals surface area contributed by atoms with Crippen LogP contribution in [-0.4, -0.2) is 29.9 Å². The summed E-state index contributed by atoms with van der Waals surface area (Å²) in [5.74, 6) is 1.29. The maximum atomic E-state index is 12.1. The number of carbonyl (C=O) groups is 1. The van der Waals surface area contributed by atoms with Crippen LogP contribution in [0.3, 0.4) is 0 Å². The van der Waals surface area contributed by atoms with Crippen LogP contribution in [0.2, 0.25) is 0 Å². The van der Waals surface area contributed by atoms with E-state index < -0.39 is 0 Å². The molecule has 0 bridgehead atoms. The van der Waals surface area contributed by atoms with Crippen molar-refractivity contribution in [2.75, 3.05) is 13.1 Å². The summed E-state index contributed by atoms with van der Waals surface area (Å²) >= 11 is 0. The van der Waals surface area contributed by atoms with Gasteiger partial charge in [-0.25, -0.2) is 0 Å². The molecule has 86 valence electrons. The smallest absolute Gasteiger partial charge is 0.225 e. The van der Waals surface area contributed by atoms with Crippen LogP contribution in [-0.2, 0) is 4.79 Å². The molecule has 2 saturated carbocycles. The van der Waals surface area contributed by atoms with Gasteiger partial charge >= 0.3 is 0 Å². The molecule has 2 fully saturated rings. The molecule has 2 aliphatic carbocycles. The lowest BCUT2D eigenvalue weighted by Gasteiger charge is -2.32. The molecule has 0 aromatic heterocycles. The van der Waals surface area contributed by atoms with Gasteiger partial charge in [0.1, 0.15) is 0 Å². The molecule has 2 unspecified atom stereocenters. The van der Waals surface area contributed by atoms with E-state index in [1.807, 2.05) is 0 Å². The number of nitrogens with zero attached hydrogens (tertiary/aromatic N) is 1. The topological polar surface area (TPSA) is 46.3 Å². The average Bonchev–Trinajstić information content (AvgIpc) is 3.00. The Labute approximate surface area is 92.0 Å². The van der Waals surface area contributed by atoms with Gasteiger partial charge in [-0.3, -0.25) is 4.79 Å². The van der Waals surface area contributed by atoms with Crippen LogP contribution < -0.4 is 5.73 Å². The summed E-state index contributed by atoms with van der Waals surface area (Å²) in [5, 5.41) is 0. The molecule has 2 aliphatic rings. The first-order chi connectivity index (χ1) is 7.27. The summed E-state index contributed by atoms with van der Waals surface area (Å²) in [6.07, 6.45) is 5.81. The van der Waals surface area contributed by atoms with E-state index >= 15 is 0 Å². The van der Waals surface area contributed by atoms with Crippen LogP contribution in [0, 0.1) is 11.8 Å². The Morgan fingerprint density at radius 3 is 2.60 bits per heavy atom. The Hall–Kier alpha value is -0.570. The van der Waals surface area contributed by atoms with Crippen molar-refractivity contribution in [1.29, 1.82) is 0 Å². The highest BCUT2D eigenvalue weighted by Gasteiger charge is 2.39. The third-order valence-electron chi connectivity index (χ3n) is 3.87. The van der Waals surface area contributed by atoms with E-state index in [1.165, 1.54) is 12.8 Å². The van der Waals surface area contributed by atoms with E-state index in [4.69, 9.17) is 5.73 Å². The minimum Gasteiger partial charge on any atom is -0.339 e. The summed E-state index contributed by atoms with van der Waals surface area (Å²) in [5.41, 5.74) is 5.77. The summed E-state index contributed by atoms with van der Waals surface area (Å²) < 4.78 is 0. The highest BCUT2D eigenvalue weighted by Crippen LogP contribution is 2.35. The maximum absolute atomic E-state index is 12.1. The fourth-order valence-corrected chi connectivity index (χ4v) is 2.82. The minimum atomic E-state index is 0.351. The van der Waals surface area contributed by atoms with Crippen LogP contribution in [0.1, 0.15) is 39.0 Å². The van der Waals surface area contributed by atoms with E-state index in [0.717, 1.165) is 32.4 Å². The molecule has 2 atom stereocenters. The summed E-state index contributed by atoms with van der Waals surface area (Å²) in [4.78, 5) is 14.2. The Bertz CT molecular complexity index is 238. The highest BCUT2D eigenvalue weighted by molar-refractivity contribution is 5.81. The van der Waals surface area contributed by atoms with Crippen molar-refractivity contribution in [2.45, 2.75) is 45.1 Å². The Kier molecular flexibility index (Phi) is 3.29. The molecule has 2 N–H and O–H groups in total. The van der Waals surface area contributed by atoms with Crippen molar-refractivity contribution in [3.63, 3.8) is 0 Å². The second-order valence-electron chi connectivity index (χ2n) is 4.89. The number of carbonyl (C=O) groups excluding carboxylic acids is 1. The van der Waals surface area contributed by atoms with Gasteiger partial charge in [-0.05, 0) is 45.1 Å². The molecule has 2 rings (SSSR count). The molecule has 0 aromatic carbocycles. The van der Waals surface area contributed by atoms with Gasteiger partial charge in [0, 0.05) is 18.5 Å². The van der Waals surface area contributed by atoms with Crippen LogP contribution in [0.5, 0.6) is 0 Å². The van der Waals surface area contributed by atoms with Gasteiger partial charge < -0.3 is 10.6 Å². The van der Waals surface area contributed by atoms with Crippen LogP contribution in [0.4, 0.5) is 0 Å². The van der Waals surface area contributed by atoms with Crippen LogP contribution in [0.25, 0.3) is 0 Å². The van der Waals surface area contributed by atoms with E-state index in [2.05, 4.69) is 11.8 Å². The number of hydrogen-bond donors (Lipinski definition) is 1. The molecule has 0 aromatic rings. The molecule has 0 spiro atoms. The van der Waals surface area contributed by atoms with Crippen molar-refractivity contribution < 1.29 is 4.79 Å². The minimum absolute atomic E-state index is 0.351. The second kappa shape index (κ2) is 4.52. The van der Waals surface area contributed by atoms with Crippen LogP contribution in [0.15, 0.2) is 0 Å². The van der Waals surface area contributed by atoms with E-state index in [0.29, 0.717) is 23.8 Å². The molecular weight excluding hydrogens is 188 g/mol. The number of nitrogens with two attached hydrogens (primary N) is 1. The Balaban J connectivity index is 2.00. The fourth-order valence-electron chi connectivity index (χ4n) is 2.82. The zero-order valence-corrected chi connectivity index (χ0v) is 9.61. The zero-order valence-electron chi connectivity index (χ0n) is 9.61. The lowest BCUT2D eigenvalue weighted by molar-refractivity contribution is -0.135. The monoisotopic (exact) mass is 210 g/mol. The van der Waals surface area contributed by atoms with Crippen molar-refractivity contribution in [3.05, 3.63) is 0 Å². The van der Waals surface area contributed by atoms with Gasteiger partial charge in [-0.2, -0.15) is 0 Å². The Morgan fingerprint density at radius 2 is 2.07 bits per heavy atom. The highest BCUT2D eigenvalue weighted by atomic mass is 16.2. The first-order valence-corrected chi connectivity index (χ1v) is 6.28. The summed E-state index contributed by atoms with van der Waals surface area (Å²) in [6, 6.07) is 0.438. The first-order valence-electron chi connectivity index (χ1n) is 6.28. The van der Waals surface area contributed by atoms with Gasteiger partial charge in [0.25, 0.3) is 0 Å². The lowest BCUT2D eigenvalue weighted by atomic mass is 10.0. The van der Waals surface area contributed by atoms with Gasteiger partial charge in [0.05, 0.1) is 0 Å². The normalized spacial score (nSPS) is 30.5. The molecule has 0 aliphatic heterocycles. The van der Waals surface area contributed by atoms with Gasteiger partial charge in [0.15, 0.2) is 0 Å². The second-order valence-corrected chi connectivity index (χ2v) is 4.89. The van der Waals surface area contributed by atoms with Gasteiger partial charge in [0.2, 0.25) is 5.91 Å². The Morgan fingerprint density at radius 1 is 1.33 bits per heavy atom. The van der Waals surface area contributed by atoms with E-state index in [1.54, 1.807) is 0 Å². The average molecular weight is 210 g/mol. The lowest BCUT2D eigenvalue weighted by Crippen LogP contribution is -2.44. The molecule has 3 heteroatoms. The van der Waals surface area contributed by atoms with E-state index in [-0.39, 0.29) is 0 Å². The largest absolute Gasteiger partial charge is 0.339 e. The number of amides is 1. The third-order valence-corrected chi connectivity index (χ3v) is 3.87. The molecule has 3 nitrogen and oxygen atoms in total. The SMILES string of the molecule is CCN(C(=O)C1CC1)C1CCCC1CN. The zero-order chi connectivity index (χ0) is 10.8. The van der Waals surface area contributed by atoms with Crippen LogP contribution >= 0.6 is 0 Å². The first kappa shape index (κ1) is 10.9. The quantitative estimate of drug-likeness (QED) is 0.762. The number of hydrogen-bond acceptors (Lipinski definition) is 2. The molecule has 0 radical (unpaired) electrons. The number of rotatable bonds is 4. The predicted molar refractivity (Wildman–Crippen MR) is 60.3 cm³/mol. The summed E-state index contributed by atoms with van der Waals surface area (Å²) in [7, 11) is 0. The predicted octanol–water partition coefficient (Wildman–Crippen LogP) is 1.37. The molecule has 1 amide bonds. The fraction of sp³-hybridized carbons (Fsp3) is 0.917. The van der Waals surface area contributed by atoms with Gasteiger partial charge in [-0.1, -0.05) is 6.42 Å². The maximum Gasteiger partial charge on any atom is 0.225 e. The van der Waals surface area contributed by atoms with Crippen molar-refractivity contribution in [3.8, 4) is 0 Å². The molecule has 0 heterocycles. The van der Waals surface area contributed by atoms with E-state index in [9.17, 15) is 4.79 Å². The molecular formula is C12H22N2O. The van der Waals surface area contributed by atoms with Crippen molar-refractivity contribution in [1.82, 2.24) is 4.90 Å². The summed E-state index contributed by atoms with van der Waals surface area (Å²) in [6.45, 7) is 3.68. The molecule has 0 saturated heterocycles. The molecule has 15 heavy (non-hydrogen) atoms. The van der Waals surface area contributed by atoms with Crippen molar-refractivity contribution in [2.24, 2.45) is 17.6 Å². The van der Waals surface area contributed by atoms with Crippen molar-refractivity contribution >= 4 is 5.91 Å². The standard InChI is InChI=1S/C12H22N2O/c1-2-14(12(15)9-6-7-9)11-5-3-4-10(11)8-13/h9-11H,2-8,13H2,1H3. The van der Waals surface area contributed by atoms with Gasteiger partial charge in [-0.15, -0.1) is 0 Å². The third kappa shape index (κ3) is 2.17.